The number of nitrogens with one attached hydrogen (secondary N) is 1. The Hall–Kier alpha value is -0.610. The van der Waals surface area contributed by atoms with Crippen molar-refractivity contribution in [2.45, 2.75) is 45.2 Å². The number of unbranched alkanes of at least 4 members (excludes halogenated alkanes) is 1. The van der Waals surface area contributed by atoms with Crippen LogP contribution in [0, 0.1) is 0 Å². The van der Waals surface area contributed by atoms with Gasteiger partial charge >= 0.3 is 0 Å². The van der Waals surface area contributed by atoms with Crippen molar-refractivity contribution < 1.29 is 4.79 Å². The lowest BCUT2D eigenvalue weighted by atomic mass is 10.1. The fraction of sp³-hybridized carbons (Fsp3) is 0.889. The van der Waals surface area contributed by atoms with Gasteiger partial charge in [0.1, 0.15) is 0 Å². The van der Waals surface area contributed by atoms with Crippen LogP contribution in [0.15, 0.2) is 0 Å². The number of amides is 1. The predicted octanol–water partition coefficient (Wildman–Crippen LogP) is -0.0327. The first-order valence-electron chi connectivity index (χ1n) is 4.84. The third kappa shape index (κ3) is 6.54. The van der Waals surface area contributed by atoms with Crippen molar-refractivity contribution >= 4 is 5.91 Å². The van der Waals surface area contributed by atoms with Gasteiger partial charge in [-0.3, -0.25) is 4.79 Å². The minimum atomic E-state index is -0.381. The van der Waals surface area contributed by atoms with Crippen molar-refractivity contribution in [1.82, 2.24) is 5.32 Å². The van der Waals surface area contributed by atoms with Crippen LogP contribution in [0.4, 0.5) is 0 Å². The summed E-state index contributed by atoms with van der Waals surface area (Å²) < 4.78 is 0. The first kappa shape index (κ1) is 12.4. The zero-order valence-electron chi connectivity index (χ0n) is 8.55. The molecule has 0 saturated heterocycles. The normalized spacial score (nSPS) is 13.0. The molecule has 0 bridgehead atoms. The van der Waals surface area contributed by atoms with Gasteiger partial charge < -0.3 is 16.8 Å². The van der Waals surface area contributed by atoms with E-state index in [2.05, 4.69) is 5.32 Å². The summed E-state index contributed by atoms with van der Waals surface area (Å²) in [6.45, 7) is 4.51. The second kappa shape index (κ2) is 6.86. The molecule has 0 aromatic rings. The van der Waals surface area contributed by atoms with Gasteiger partial charge in [0, 0.05) is 6.04 Å². The number of nitrogens with two attached hydrogens (primary N) is 2. The highest BCUT2D eigenvalue weighted by atomic mass is 16.2. The third-order valence-electron chi connectivity index (χ3n) is 1.74. The lowest BCUT2D eigenvalue weighted by Gasteiger charge is -2.13. The Labute approximate surface area is 80.0 Å². The predicted molar refractivity (Wildman–Crippen MR) is 54.2 cm³/mol. The number of carbonyl (C=O) groups is 1. The molecule has 0 rings (SSSR count). The summed E-state index contributed by atoms with van der Waals surface area (Å²) in [6.07, 6.45) is 2.57. The van der Waals surface area contributed by atoms with Crippen LogP contribution in [0.1, 0.15) is 33.1 Å². The van der Waals surface area contributed by atoms with Gasteiger partial charge in [-0.05, 0) is 33.2 Å². The van der Waals surface area contributed by atoms with Gasteiger partial charge in [-0.2, -0.15) is 0 Å². The highest BCUT2D eigenvalue weighted by Gasteiger charge is 2.12. The van der Waals surface area contributed by atoms with Crippen LogP contribution in [-0.4, -0.2) is 24.5 Å². The molecule has 0 aliphatic heterocycles. The molecule has 0 saturated carbocycles. The second-order valence-electron chi connectivity index (χ2n) is 3.55. The Bertz CT molecular complexity index is 148. The summed E-state index contributed by atoms with van der Waals surface area (Å²) in [7, 11) is 0. The summed E-state index contributed by atoms with van der Waals surface area (Å²) in [5.41, 5.74) is 11.0. The van der Waals surface area contributed by atoms with Crippen molar-refractivity contribution in [3.05, 3.63) is 0 Å². The Balaban J connectivity index is 3.57. The van der Waals surface area contributed by atoms with Gasteiger partial charge in [0.25, 0.3) is 0 Å². The van der Waals surface area contributed by atoms with Crippen LogP contribution in [0.25, 0.3) is 0 Å². The molecule has 0 fully saturated rings. The SMILES string of the molecule is CC(C)NC(=O)[C@H](N)CCCCN. The molecule has 0 radical (unpaired) electrons. The molecule has 1 atom stereocenters. The van der Waals surface area contributed by atoms with E-state index >= 15 is 0 Å². The standard InChI is InChI=1S/C9H21N3O/c1-7(2)12-9(13)8(11)5-3-4-6-10/h7-8H,3-6,10-11H2,1-2H3,(H,12,13)/t8-/m1/s1. The highest BCUT2D eigenvalue weighted by molar-refractivity contribution is 5.81. The van der Waals surface area contributed by atoms with E-state index in [1.807, 2.05) is 13.8 Å². The molecule has 1 amide bonds. The van der Waals surface area contributed by atoms with Crippen molar-refractivity contribution in [2.24, 2.45) is 11.5 Å². The average Bonchev–Trinajstić information content (AvgIpc) is 2.03. The van der Waals surface area contributed by atoms with E-state index in [0.717, 1.165) is 19.3 Å². The third-order valence-corrected chi connectivity index (χ3v) is 1.74. The van der Waals surface area contributed by atoms with Gasteiger partial charge in [0.15, 0.2) is 0 Å². The van der Waals surface area contributed by atoms with Gasteiger partial charge in [-0.25, -0.2) is 0 Å². The maximum absolute atomic E-state index is 11.3. The average molecular weight is 187 g/mol. The zero-order valence-corrected chi connectivity index (χ0v) is 8.55. The Kier molecular flexibility index (Phi) is 6.54. The van der Waals surface area contributed by atoms with Crippen molar-refractivity contribution in [3.8, 4) is 0 Å². The topological polar surface area (TPSA) is 81.1 Å². The molecule has 0 aliphatic carbocycles. The van der Waals surface area contributed by atoms with E-state index in [1.54, 1.807) is 0 Å². The van der Waals surface area contributed by atoms with Gasteiger partial charge in [-0.1, -0.05) is 6.42 Å². The fourth-order valence-electron chi connectivity index (χ4n) is 1.03. The van der Waals surface area contributed by atoms with E-state index in [4.69, 9.17) is 11.5 Å². The lowest BCUT2D eigenvalue weighted by molar-refractivity contribution is -0.123. The van der Waals surface area contributed by atoms with Crippen LogP contribution in [0.2, 0.25) is 0 Å². The van der Waals surface area contributed by atoms with E-state index in [-0.39, 0.29) is 18.0 Å². The van der Waals surface area contributed by atoms with Gasteiger partial charge in [0.05, 0.1) is 6.04 Å². The quantitative estimate of drug-likeness (QED) is 0.511. The number of hydrogen-bond donors (Lipinski definition) is 3. The maximum Gasteiger partial charge on any atom is 0.237 e. The van der Waals surface area contributed by atoms with Crippen molar-refractivity contribution in [1.29, 1.82) is 0 Å². The fourth-order valence-corrected chi connectivity index (χ4v) is 1.03. The second-order valence-corrected chi connectivity index (χ2v) is 3.55. The number of carbonyl (C=O) groups excluding carboxylic acids is 1. The molecule has 13 heavy (non-hydrogen) atoms. The molecular formula is C9H21N3O. The molecule has 0 aromatic heterocycles. The van der Waals surface area contributed by atoms with Crippen LogP contribution < -0.4 is 16.8 Å². The summed E-state index contributed by atoms with van der Waals surface area (Å²) in [6, 6.07) is -0.220. The Morgan fingerprint density at radius 3 is 2.46 bits per heavy atom. The monoisotopic (exact) mass is 187 g/mol. The molecule has 78 valence electrons. The maximum atomic E-state index is 11.3. The van der Waals surface area contributed by atoms with Gasteiger partial charge in [-0.15, -0.1) is 0 Å². The molecule has 5 N–H and O–H groups in total. The molecule has 0 unspecified atom stereocenters. The minimum Gasteiger partial charge on any atom is -0.353 e. The Morgan fingerprint density at radius 2 is 2.00 bits per heavy atom. The van der Waals surface area contributed by atoms with Gasteiger partial charge in [0.2, 0.25) is 5.91 Å². The highest BCUT2D eigenvalue weighted by Crippen LogP contribution is 1.98. The van der Waals surface area contributed by atoms with E-state index in [9.17, 15) is 4.79 Å². The smallest absolute Gasteiger partial charge is 0.237 e. The van der Waals surface area contributed by atoms with Crippen LogP contribution in [0.5, 0.6) is 0 Å². The Morgan fingerprint density at radius 1 is 1.38 bits per heavy atom. The molecule has 0 spiro atoms. The first-order chi connectivity index (χ1) is 6.07. The van der Waals surface area contributed by atoms with Crippen molar-refractivity contribution in [3.63, 3.8) is 0 Å². The summed E-state index contributed by atoms with van der Waals surface area (Å²) in [5.74, 6) is -0.0629. The summed E-state index contributed by atoms with van der Waals surface area (Å²) >= 11 is 0. The number of hydrogen-bond acceptors (Lipinski definition) is 3. The molecule has 0 aromatic carbocycles. The molecule has 4 nitrogen and oxygen atoms in total. The van der Waals surface area contributed by atoms with Crippen LogP contribution in [-0.2, 0) is 4.79 Å². The van der Waals surface area contributed by atoms with Crippen LogP contribution in [0.3, 0.4) is 0 Å². The van der Waals surface area contributed by atoms with Crippen molar-refractivity contribution in [2.75, 3.05) is 6.54 Å². The molecule has 4 heteroatoms. The summed E-state index contributed by atoms with van der Waals surface area (Å²) in [5, 5.41) is 2.77. The molecule has 0 heterocycles. The molecular weight excluding hydrogens is 166 g/mol. The minimum absolute atomic E-state index is 0.0629. The zero-order chi connectivity index (χ0) is 10.3. The summed E-state index contributed by atoms with van der Waals surface area (Å²) in [4.78, 5) is 11.3. The lowest BCUT2D eigenvalue weighted by Crippen LogP contribution is -2.43. The first-order valence-corrected chi connectivity index (χ1v) is 4.84. The molecule has 0 aliphatic rings. The number of rotatable bonds is 6. The van der Waals surface area contributed by atoms with Crippen LogP contribution >= 0.6 is 0 Å². The van der Waals surface area contributed by atoms with E-state index in [1.165, 1.54) is 0 Å². The van der Waals surface area contributed by atoms with E-state index in [0.29, 0.717) is 6.54 Å². The largest absolute Gasteiger partial charge is 0.353 e. The van der Waals surface area contributed by atoms with E-state index < -0.39 is 0 Å².